The number of nitrogens with one attached hydrogen (secondary N) is 2. The van der Waals surface area contributed by atoms with E-state index in [2.05, 4.69) is 10.6 Å². The molecule has 2 amide bonds. The Morgan fingerprint density at radius 2 is 1.71 bits per heavy atom. The van der Waals surface area contributed by atoms with Crippen molar-refractivity contribution < 1.29 is 22.8 Å². The Bertz CT molecular complexity index is 700. The molecule has 2 bridgehead atoms. The van der Waals surface area contributed by atoms with E-state index in [-0.39, 0.29) is 36.9 Å². The number of alkyl halides is 3. The summed E-state index contributed by atoms with van der Waals surface area (Å²) in [5, 5.41) is 5.26. The number of rotatable bonds is 4. The Kier molecular flexibility index (Phi) is 7.33. The molecule has 2 unspecified atom stereocenters. The van der Waals surface area contributed by atoms with E-state index in [1.807, 2.05) is 0 Å². The summed E-state index contributed by atoms with van der Waals surface area (Å²) in [5.41, 5.74) is 4.57. The van der Waals surface area contributed by atoms with Crippen LogP contribution >= 0.6 is 12.4 Å². The van der Waals surface area contributed by atoms with E-state index in [0.29, 0.717) is 11.8 Å². The first-order valence-electron chi connectivity index (χ1n) is 9.25. The van der Waals surface area contributed by atoms with Crippen LogP contribution in [-0.2, 0) is 11.0 Å². The lowest BCUT2D eigenvalue weighted by Gasteiger charge is -2.45. The van der Waals surface area contributed by atoms with E-state index in [0.717, 1.165) is 44.2 Å². The van der Waals surface area contributed by atoms with Gasteiger partial charge in [0.05, 0.1) is 17.7 Å². The van der Waals surface area contributed by atoms with Gasteiger partial charge in [-0.15, -0.1) is 12.4 Å². The fourth-order valence-corrected chi connectivity index (χ4v) is 4.45. The number of nitrogens with two attached hydrogens (primary N) is 1. The van der Waals surface area contributed by atoms with Gasteiger partial charge in [-0.05, 0) is 49.7 Å². The topological polar surface area (TPSA) is 84.2 Å². The normalized spacial score (nSPS) is 26.7. The van der Waals surface area contributed by atoms with Crippen molar-refractivity contribution in [2.45, 2.75) is 50.4 Å². The van der Waals surface area contributed by atoms with E-state index >= 15 is 0 Å². The van der Waals surface area contributed by atoms with Crippen molar-refractivity contribution in [3.63, 3.8) is 0 Å². The highest BCUT2D eigenvalue weighted by Gasteiger charge is 2.40. The summed E-state index contributed by atoms with van der Waals surface area (Å²) in [6, 6.07) is 4.72. The monoisotopic (exact) mass is 419 g/mol. The number of amides is 2. The molecular formula is C19H25ClF3N3O2. The van der Waals surface area contributed by atoms with E-state index in [9.17, 15) is 22.8 Å². The second-order valence-corrected chi connectivity index (χ2v) is 7.50. The molecule has 3 rings (SSSR count). The van der Waals surface area contributed by atoms with Gasteiger partial charge in [0, 0.05) is 12.1 Å². The minimum Gasteiger partial charge on any atom is -0.351 e. The fraction of sp³-hybridized carbons (Fsp3) is 0.579. The van der Waals surface area contributed by atoms with Crippen LogP contribution in [0.25, 0.3) is 0 Å². The maximum Gasteiger partial charge on any atom is 0.417 e. The maximum atomic E-state index is 13.0. The molecular weight excluding hydrogens is 395 g/mol. The Balaban J connectivity index is 0.00000280. The molecule has 9 heteroatoms. The number of carbonyl (C=O) groups excluding carboxylic acids is 2. The molecule has 2 saturated carbocycles. The number of fused-ring (bicyclic) bond motifs is 2. The third-order valence-corrected chi connectivity index (χ3v) is 5.59. The number of hydrogen-bond donors (Lipinski definition) is 3. The maximum absolute atomic E-state index is 13.0. The number of hydrogen-bond acceptors (Lipinski definition) is 3. The van der Waals surface area contributed by atoms with Gasteiger partial charge in [0.2, 0.25) is 5.91 Å². The predicted molar refractivity (Wildman–Crippen MR) is 101 cm³/mol. The van der Waals surface area contributed by atoms with E-state index in [4.69, 9.17) is 5.73 Å². The molecule has 0 heterocycles. The average Bonchev–Trinajstić information content (AvgIpc) is 2.60. The molecule has 0 spiro atoms. The molecule has 0 aliphatic heterocycles. The van der Waals surface area contributed by atoms with Gasteiger partial charge in [-0.25, -0.2) is 0 Å². The van der Waals surface area contributed by atoms with Gasteiger partial charge >= 0.3 is 6.18 Å². The van der Waals surface area contributed by atoms with Crippen LogP contribution in [0.15, 0.2) is 24.3 Å². The summed E-state index contributed by atoms with van der Waals surface area (Å²) >= 11 is 0. The van der Waals surface area contributed by atoms with Crippen molar-refractivity contribution in [2.24, 2.45) is 17.6 Å². The van der Waals surface area contributed by atoms with E-state index in [1.54, 1.807) is 0 Å². The van der Waals surface area contributed by atoms with Crippen molar-refractivity contribution in [3.05, 3.63) is 35.4 Å². The molecule has 2 aliphatic rings. The third kappa shape index (κ3) is 5.17. The molecule has 5 nitrogen and oxygen atoms in total. The van der Waals surface area contributed by atoms with Crippen molar-refractivity contribution >= 4 is 24.2 Å². The molecule has 2 aliphatic carbocycles. The standard InChI is InChI=1S/C19H24F3N3O2.ClH/c20-19(21,22)15-7-2-1-6-14(15)18(27)24-10-16(26)25-17-11-4-3-5-12(17)9-13(23)8-11;/h1-2,6-7,11-13,17H,3-5,8-10,23H2,(H,24,27)(H,25,26);1H. The Morgan fingerprint density at radius 3 is 2.32 bits per heavy atom. The Labute approximate surface area is 168 Å². The van der Waals surface area contributed by atoms with Crippen LogP contribution in [0.2, 0.25) is 0 Å². The summed E-state index contributed by atoms with van der Waals surface area (Å²) in [4.78, 5) is 24.4. The summed E-state index contributed by atoms with van der Waals surface area (Å²) in [7, 11) is 0. The second kappa shape index (κ2) is 9.13. The molecule has 28 heavy (non-hydrogen) atoms. The summed E-state index contributed by atoms with van der Waals surface area (Å²) in [5.74, 6) is -0.634. The lowest BCUT2D eigenvalue weighted by atomic mass is 9.67. The molecule has 0 saturated heterocycles. The van der Waals surface area contributed by atoms with Crippen molar-refractivity contribution in [2.75, 3.05) is 6.54 Å². The van der Waals surface area contributed by atoms with Crippen LogP contribution in [0.5, 0.6) is 0 Å². The number of benzene rings is 1. The first-order chi connectivity index (χ1) is 12.8. The average molecular weight is 420 g/mol. The molecule has 1 aromatic carbocycles. The first kappa shape index (κ1) is 22.5. The van der Waals surface area contributed by atoms with Gasteiger partial charge in [0.1, 0.15) is 0 Å². The lowest BCUT2D eigenvalue weighted by Crippen LogP contribution is -2.55. The van der Waals surface area contributed by atoms with Crippen LogP contribution in [0, 0.1) is 11.8 Å². The van der Waals surface area contributed by atoms with Crippen LogP contribution in [0.1, 0.15) is 48.0 Å². The highest BCUT2D eigenvalue weighted by molar-refractivity contribution is 5.97. The Hall–Kier alpha value is -1.80. The zero-order valence-corrected chi connectivity index (χ0v) is 16.1. The van der Waals surface area contributed by atoms with Gasteiger partial charge in [-0.2, -0.15) is 13.2 Å². The van der Waals surface area contributed by atoms with Gasteiger partial charge in [0.25, 0.3) is 5.91 Å². The van der Waals surface area contributed by atoms with Gasteiger partial charge in [0.15, 0.2) is 0 Å². The molecule has 156 valence electrons. The van der Waals surface area contributed by atoms with Crippen molar-refractivity contribution in [1.29, 1.82) is 0 Å². The van der Waals surface area contributed by atoms with Crippen LogP contribution < -0.4 is 16.4 Å². The smallest absolute Gasteiger partial charge is 0.351 e. The molecule has 0 radical (unpaired) electrons. The lowest BCUT2D eigenvalue weighted by molar-refractivity contribution is -0.137. The minimum atomic E-state index is -4.63. The summed E-state index contributed by atoms with van der Waals surface area (Å²) in [6.45, 7) is -0.354. The largest absolute Gasteiger partial charge is 0.417 e. The number of carbonyl (C=O) groups is 2. The van der Waals surface area contributed by atoms with Crippen molar-refractivity contribution in [3.8, 4) is 0 Å². The zero-order chi connectivity index (χ0) is 19.6. The molecule has 1 aromatic rings. The quantitative estimate of drug-likeness (QED) is 0.701. The van der Waals surface area contributed by atoms with Crippen molar-refractivity contribution in [1.82, 2.24) is 10.6 Å². The fourth-order valence-electron chi connectivity index (χ4n) is 4.45. The molecule has 4 N–H and O–H groups in total. The van der Waals surface area contributed by atoms with Gasteiger partial charge in [-0.1, -0.05) is 18.6 Å². The van der Waals surface area contributed by atoms with Crippen LogP contribution in [0.3, 0.4) is 0 Å². The first-order valence-corrected chi connectivity index (χ1v) is 9.25. The minimum absolute atomic E-state index is 0. The summed E-state index contributed by atoms with van der Waals surface area (Å²) in [6.07, 6.45) is 0.258. The van der Waals surface area contributed by atoms with Gasteiger partial charge < -0.3 is 16.4 Å². The number of halogens is 4. The highest BCUT2D eigenvalue weighted by Crippen LogP contribution is 2.39. The van der Waals surface area contributed by atoms with E-state index < -0.39 is 23.2 Å². The van der Waals surface area contributed by atoms with Crippen LogP contribution in [0.4, 0.5) is 13.2 Å². The van der Waals surface area contributed by atoms with Gasteiger partial charge in [-0.3, -0.25) is 9.59 Å². The van der Waals surface area contributed by atoms with E-state index in [1.165, 1.54) is 12.1 Å². The SMILES string of the molecule is Cl.NC1CC2CCCC(C1)C2NC(=O)CNC(=O)c1ccccc1C(F)(F)F. The summed E-state index contributed by atoms with van der Waals surface area (Å²) < 4.78 is 39.0. The van der Waals surface area contributed by atoms with Crippen LogP contribution in [-0.4, -0.2) is 30.4 Å². The molecule has 0 aromatic heterocycles. The Morgan fingerprint density at radius 1 is 1.11 bits per heavy atom. The molecule has 2 atom stereocenters. The second-order valence-electron chi connectivity index (χ2n) is 7.50. The third-order valence-electron chi connectivity index (χ3n) is 5.59. The zero-order valence-electron chi connectivity index (χ0n) is 15.3. The predicted octanol–water partition coefficient (Wildman–Crippen LogP) is 2.88. The highest BCUT2D eigenvalue weighted by atomic mass is 35.5. The molecule has 2 fully saturated rings.